The van der Waals surface area contributed by atoms with E-state index in [4.69, 9.17) is 23.7 Å². The average molecular weight is 918 g/mol. The van der Waals surface area contributed by atoms with Crippen molar-refractivity contribution in [3.05, 3.63) is 47.6 Å². The number of alkyl halides is 2. The summed E-state index contributed by atoms with van der Waals surface area (Å²) in [6.45, 7) is 12.2. The molecule has 0 aromatic heterocycles. The molecule has 12 nitrogen and oxygen atoms in total. The van der Waals surface area contributed by atoms with Crippen LogP contribution in [0.4, 0.5) is 8.78 Å². The number of allylic oxidation sites excluding steroid dienone is 7. The largest absolute Gasteiger partial charge is 0.460 e. The number of amides is 1. The van der Waals surface area contributed by atoms with Gasteiger partial charge in [-0.25, -0.2) is 13.6 Å². The molecule has 0 aromatic rings. The van der Waals surface area contributed by atoms with Gasteiger partial charge in [0.2, 0.25) is 0 Å². The van der Waals surface area contributed by atoms with Gasteiger partial charge in [-0.05, 0) is 107 Å². The summed E-state index contributed by atoms with van der Waals surface area (Å²) in [7, 11) is 4.38. The molecule has 14 heteroatoms. The number of esters is 1. The number of ether oxygens (including phenoxy) is 5. The zero-order valence-electron chi connectivity index (χ0n) is 40.5. The molecule has 3 aliphatic heterocycles. The van der Waals surface area contributed by atoms with Crippen LogP contribution >= 0.6 is 0 Å². The fourth-order valence-electron chi connectivity index (χ4n) is 10.1. The topological polar surface area (TPSA) is 155 Å². The number of aliphatic hydroxyl groups excluding tert-OH is 1. The summed E-state index contributed by atoms with van der Waals surface area (Å²) < 4.78 is 62.1. The first-order chi connectivity index (χ1) is 30.7. The van der Waals surface area contributed by atoms with Crippen molar-refractivity contribution in [2.75, 3.05) is 27.9 Å². The SMILES string of the molecule is CO[C@H]1C[C@@H]2CC[C@@H](C)C(F)(O2)C(=O)C(=O)N2CCCCC2C(=O)O[C@H]([C@H](C)CC2CC[C@@H](O)[C@H](OC)C2)CC(=O)C(C)=CC(C)C(F)[C@@H](OC)C(=O)[C@H](C)C[C@H](C)C=CC=CC=C1C. The molecule has 1 saturated carbocycles. The lowest BCUT2D eigenvalue weighted by atomic mass is 9.78. The van der Waals surface area contributed by atoms with Gasteiger partial charge in [-0.1, -0.05) is 71.1 Å². The normalized spacial score (nSPS) is 37.8. The van der Waals surface area contributed by atoms with Crippen molar-refractivity contribution < 1.29 is 61.5 Å². The van der Waals surface area contributed by atoms with Gasteiger partial charge in [0.15, 0.2) is 11.6 Å². The predicted octanol–water partition coefficient (Wildman–Crippen LogP) is 8.14. The van der Waals surface area contributed by atoms with Crippen LogP contribution in [0.15, 0.2) is 47.6 Å². The molecule has 4 rings (SSSR count). The first-order valence-electron chi connectivity index (χ1n) is 23.9. The van der Waals surface area contributed by atoms with Crippen molar-refractivity contribution >= 4 is 29.2 Å². The number of cyclic esters (lactones) is 1. The van der Waals surface area contributed by atoms with Gasteiger partial charge < -0.3 is 33.7 Å². The Balaban J connectivity index is 1.70. The standard InChI is InChI=1S/C51H77F2NO11/c1-30-16-12-11-13-17-31(2)42(61-8)28-38-21-19-36(7)51(53,65-38)48(58)49(59)54-23-15-14-18-39(54)50(60)64-43(33(4)26-37-20-22-40(55)44(27-37)62-9)29-41(56)32(3)25-34(5)45(52)47(63-10)46(57)35(6)24-30/h11-13,16-17,25,30,33-40,42-45,47,55H,14-15,18-24,26-29H2,1-10H3/t30-,33-,34?,35-,36-,37?,38+,39?,40-,42+,43+,44-,45?,47-,51?/m1/s1. The highest BCUT2D eigenvalue weighted by molar-refractivity contribution is 6.39. The van der Waals surface area contributed by atoms with Gasteiger partial charge in [-0.3, -0.25) is 19.2 Å². The van der Waals surface area contributed by atoms with E-state index in [1.807, 2.05) is 51.2 Å². The number of rotatable bonds is 6. The fourth-order valence-corrected chi connectivity index (χ4v) is 10.1. The highest BCUT2D eigenvalue weighted by Gasteiger charge is 2.55. The Kier molecular flexibility index (Phi) is 20.9. The number of carbonyl (C=O) groups excluding carboxylic acids is 5. The predicted molar refractivity (Wildman–Crippen MR) is 243 cm³/mol. The highest BCUT2D eigenvalue weighted by Crippen LogP contribution is 2.40. The molecule has 2 bridgehead atoms. The highest BCUT2D eigenvalue weighted by atomic mass is 19.2. The molecule has 1 aliphatic carbocycles. The van der Waals surface area contributed by atoms with E-state index in [1.54, 1.807) is 27.9 Å². The maximum atomic E-state index is 17.0. The molecule has 5 unspecified atom stereocenters. The number of piperidine rings is 1. The summed E-state index contributed by atoms with van der Waals surface area (Å²) in [5.74, 6) is -9.76. The monoisotopic (exact) mass is 918 g/mol. The number of aliphatic hydroxyl groups is 1. The summed E-state index contributed by atoms with van der Waals surface area (Å²) in [6.07, 6.45) is 9.15. The molecule has 15 atom stereocenters. The van der Waals surface area contributed by atoms with E-state index in [2.05, 4.69) is 0 Å². The van der Waals surface area contributed by atoms with Crippen molar-refractivity contribution in [3.8, 4) is 0 Å². The van der Waals surface area contributed by atoms with Crippen molar-refractivity contribution in [1.82, 2.24) is 4.90 Å². The van der Waals surface area contributed by atoms with E-state index < -0.39 is 89.8 Å². The number of methoxy groups -OCH3 is 3. The van der Waals surface area contributed by atoms with Crippen LogP contribution in [0.2, 0.25) is 0 Å². The number of hydrogen-bond acceptors (Lipinski definition) is 11. The van der Waals surface area contributed by atoms with E-state index in [0.717, 1.165) is 10.5 Å². The van der Waals surface area contributed by atoms with Gasteiger partial charge >= 0.3 is 5.97 Å². The quantitative estimate of drug-likeness (QED) is 0.203. The molecule has 1 amide bonds. The van der Waals surface area contributed by atoms with E-state index >= 15 is 8.78 Å². The molecule has 2 saturated heterocycles. The second-order valence-corrected chi connectivity index (χ2v) is 19.5. The van der Waals surface area contributed by atoms with Crippen LogP contribution in [0.1, 0.15) is 126 Å². The van der Waals surface area contributed by atoms with Crippen molar-refractivity contribution in [3.63, 3.8) is 0 Å². The van der Waals surface area contributed by atoms with Crippen LogP contribution in [0.5, 0.6) is 0 Å². The van der Waals surface area contributed by atoms with Gasteiger partial charge in [0.1, 0.15) is 24.4 Å². The number of fused-ring (bicyclic) bond motifs is 3. The molecule has 1 N–H and O–H groups in total. The van der Waals surface area contributed by atoms with Crippen LogP contribution in [-0.4, -0.2) is 122 Å². The maximum absolute atomic E-state index is 17.0. The molecule has 65 heavy (non-hydrogen) atoms. The smallest absolute Gasteiger partial charge is 0.329 e. The zero-order chi connectivity index (χ0) is 48.2. The molecule has 3 heterocycles. The van der Waals surface area contributed by atoms with Crippen LogP contribution in [0.25, 0.3) is 0 Å². The molecular formula is C51H77F2NO11. The Morgan fingerprint density at radius 1 is 0.892 bits per heavy atom. The molecule has 0 aromatic carbocycles. The van der Waals surface area contributed by atoms with E-state index in [0.29, 0.717) is 51.4 Å². The minimum absolute atomic E-state index is 0.0193. The zero-order valence-corrected chi connectivity index (χ0v) is 40.5. The van der Waals surface area contributed by atoms with E-state index in [-0.39, 0.29) is 67.4 Å². The average Bonchev–Trinajstić information content (AvgIpc) is 3.28. The van der Waals surface area contributed by atoms with Gasteiger partial charge in [0.25, 0.3) is 17.5 Å². The second-order valence-electron chi connectivity index (χ2n) is 19.5. The van der Waals surface area contributed by atoms with Gasteiger partial charge in [0, 0.05) is 58.5 Å². The summed E-state index contributed by atoms with van der Waals surface area (Å²) in [6, 6.07) is -1.21. The molecule has 366 valence electrons. The van der Waals surface area contributed by atoms with Crippen LogP contribution in [-0.2, 0) is 47.7 Å². The van der Waals surface area contributed by atoms with Crippen LogP contribution in [0, 0.1) is 35.5 Å². The lowest BCUT2D eigenvalue weighted by molar-refractivity contribution is -0.231. The van der Waals surface area contributed by atoms with Gasteiger partial charge in [-0.15, -0.1) is 0 Å². The van der Waals surface area contributed by atoms with Crippen LogP contribution < -0.4 is 0 Å². The second kappa shape index (κ2) is 25.1. The summed E-state index contributed by atoms with van der Waals surface area (Å²) in [5.41, 5.74) is 1.05. The molecule has 0 spiro atoms. The Hall–Kier alpha value is -3.43. The third-order valence-corrected chi connectivity index (χ3v) is 14.4. The summed E-state index contributed by atoms with van der Waals surface area (Å²) in [5, 5.41) is 10.5. The lowest BCUT2D eigenvalue weighted by Gasteiger charge is -2.41. The van der Waals surface area contributed by atoms with E-state index in [1.165, 1.54) is 27.2 Å². The van der Waals surface area contributed by atoms with Crippen molar-refractivity contribution in [1.29, 1.82) is 0 Å². The number of ketones is 3. The third-order valence-electron chi connectivity index (χ3n) is 14.4. The lowest BCUT2D eigenvalue weighted by Crippen LogP contribution is -2.59. The summed E-state index contributed by atoms with van der Waals surface area (Å²) in [4.78, 5) is 71.2. The van der Waals surface area contributed by atoms with Crippen molar-refractivity contribution in [2.24, 2.45) is 35.5 Å². The Morgan fingerprint density at radius 2 is 1.62 bits per heavy atom. The Labute approximate surface area is 385 Å². The number of hydrogen-bond donors (Lipinski definition) is 1. The minimum atomic E-state index is -2.94. The number of carbonyl (C=O) groups is 5. The Bertz CT molecular complexity index is 1760. The molecule has 0 radical (unpaired) electrons. The molecule has 3 fully saturated rings. The van der Waals surface area contributed by atoms with Gasteiger partial charge in [-0.2, -0.15) is 0 Å². The van der Waals surface area contributed by atoms with Crippen molar-refractivity contribution in [2.45, 2.75) is 180 Å². The first kappa shape index (κ1) is 54.2. The van der Waals surface area contributed by atoms with Crippen LogP contribution in [0.3, 0.4) is 0 Å². The molecular weight excluding hydrogens is 841 g/mol. The first-order valence-corrected chi connectivity index (χ1v) is 23.9. The van der Waals surface area contributed by atoms with E-state index in [9.17, 15) is 29.1 Å². The number of nitrogens with zero attached hydrogens (tertiary/aromatic N) is 1. The fraction of sp³-hybridized carbons (Fsp3) is 0.745. The number of Topliss-reactive ketones (excluding diaryl/α,β-unsaturated/α-hetero) is 3. The minimum Gasteiger partial charge on any atom is -0.460 e. The molecule has 4 aliphatic rings. The third kappa shape index (κ3) is 14.3. The maximum Gasteiger partial charge on any atom is 0.329 e. The number of halogens is 2. The van der Waals surface area contributed by atoms with Gasteiger partial charge in [0.05, 0.1) is 24.4 Å². The Morgan fingerprint density at radius 3 is 2.29 bits per heavy atom. The summed E-state index contributed by atoms with van der Waals surface area (Å²) >= 11 is 0.